The summed E-state index contributed by atoms with van der Waals surface area (Å²) in [5.41, 5.74) is 4.87. The number of ether oxygens (including phenoxy) is 4. The highest BCUT2D eigenvalue weighted by Gasteiger charge is 2.14. The van der Waals surface area contributed by atoms with E-state index in [1.807, 2.05) is 6.07 Å². The van der Waals surface area contributed by atoms with Crippen LogP contribution in [0.4, 0.5) is 0 Å². The number of aryl methyl sites for hydroxylation is 1. The molecule has 0 saturated carbocycles. The molecule has 2 aromatic carbocycles. The van der Waals surface area contributed by atoms with Crippen LogP contribution in [0.2, 0.25) is 0 Å². The molecule has 3 aromatic rings. The number of hydrogen-bond acceptors (Lipinski definition) is 9. The second-order valence-electron chi connectivity index (χ2n) is 7.42. The van der Waals surface area contributed by atoms with E-state index in [1.165, 1.54) is 13.3 Å². The number of pyridine rings is 1. The van der Waals surface area contributed by atoms with Crippen LogP contribution in [0.1, 0.15) is 32.7 Å². The Hall–Kier alpha value is -4.75. The van der Waals surface area contributed by atoms with Crippen molar-refractivity contribution in [1.82, 2.24) is 10.4 Å². The van der Waals surface area contributed by atoms with Gasteiger partial charge in [-0.1, -0.05) is 0 Å². The highest BCUT2D eigenvalue weighted by molar-refractivity contribution is 5.91. The van der Waals surface area contributed by atoms with Crippen molar-refractivity contribution in [2.75, 3.05) is 20.8 Å². The van der Waals surface area contributed by atoms with Crippen molar-refractivity contribution >= 4 is 18.1 Å². The van der Waals surface area contributed by atoms with Crippen LogP contribution in [0.25, 0.3) is 0 Å². The van der Waals surface area contributed by atoms with Crippen molar-refractivity contribution in [2.45, 2.75) is 13.5 Å². The molecule has 0 aliphatic carbocycles. The van der Waals surface area contributed by atoms with Gasteiger partial charge in [-0.05, 0) is 67.1 Å². The lowest BCUT2D eigenvalue weighted by molar-refractivity contribution is -0.123. The van der Waals surface area contributed by atoms with Gasteiger partial charge in [0.1, 0.15) is 23.1 Å². The summed E-state index contributed by atoms with van der Waals surface area (Å²) in [6.07, 6.45) is 1.43. The monoisotopic (exact) mass is 488 g/mol. The molecule has 10 nitrogen and oxygen atoms in total. The number of methoxy groups -OCH3 is 2. The van der Waals surface area contributed by atoms with E-state index in [0.29, 0.717) is 33.9 Å². The van der Waals surface area contributed by atoms with E-state index in [0.717, 1.165) is 0 Å². The average Bonchev–Trinajstić information content (AvgIpc) is 2.88. The maximum absolute atomic E-state index is 12.2. The number of aromatic nitrogens is 1. The van der Waals surface area contributed by atoms with E-state index in [1.54, 1.807) is 68.6 Å². The van der Waals surface area contributed by atoms with Gasteiger partial charge >= 0.3 is 5.97 Å². The number of benzene rings is 2. The predicted molar refractivity (Wildman–Crippen MR) is 130 cm³/mol. The molecule has 3 rings (SSSR count). The van der Waals surface area contributed by atoms with Gasteiger partial charge < -0.3 is 18.9 Å². The molecule has 0 unspecified atom stereocenters. The molecule has 10 heteroatoms. The number of hydrazone groups is 1. The molecule has 0 spiro atoms. The van der Waals surface area contributed by atoms with E-state index >= 15 is 0 Å². The van der Waals surface area contributed by atoms with Crippen LogP contribution in [-0.2, 0) is 16.1 Å². The Bertz CT molecular complexity index is 1280. The van der Waals surface area contributed by atoms with Crippen LogP contribution >= 0.6 is 0 Å². The molecular weight excluding hydrogens is 464 g/mol. The summed E-state index contributed by atoms with van der Waals surface area (Å²) in [6.45, 7) is 1.59. The SMILES string of the molecule is COCc1cc(C)nc(OCC(=O)N/N=C\c2ccc(OC(=O)c3ccc(OC)cc3)cc2)c1C#N. The first kappa shape index (κ1) is 25.9. The van der Waals surface area contributed by atoms with Crippen LogP contribution in [-0.4, -0.2) is 43.9 Å². The van der Waals surface area contributed by atoms with E-state index in [2.05, 4.69) is 15.5 Å². The van der Waals surface area contributed by atoms with Crippen LogP contribution in [0.15, 0.2) is 59.7 Å². The van der Waals surface area contributed by atoms with E-state index in [4.69, 9.17) is 18.9 Å². The summed E-state index contributed by atoms with van der Waals surface area (Å²) in [7, 11) is 3.07. The molecule has 0 aliphatic rings. The second kappa shape index (κ2) is 12.6. The van der Waals surface area contributed by atoms with Gasteiger partial charge in [-0.3, -0.25) is 4.79 Å². The van der Waals surface area contributed by atoms with Crippen molar-refractivity contribution in [2.24, 2.45) is 5.10 Å². The molecule has 0 fully saturated rings. The quantitative estimate of drug-likeness (QED) is 0.199. The molecule has 0 aliphatic heterocycles. The van der Waals surface area contributed by atoms with Crippen LogP contribution < -0.4 is 19.6 Å². The van der Waals surface area contributed by atoms with Crippen molar-refractivity contribution in [3.63, 3.8) is 0 Å². The zero-order chi connectivity index (χ0) is 25.9. The number of amides is 1. The van der Waals surface area contributed by atoms with Gasteiger partial charge in [0.2, 0.25) is 5.88 Å². The zero-order valence-corrected chi connectivity index (χ0v) is 20.0. The van der Waals surface area contributed by atoms with Gasteiger partial charge in [-0.25, -0.2) is 15.2 Å². The first-order valence-corrected chi connectivity index (χ1v) is 10.7. The number of rotatable bonds is 10. The van der Waals surface area contributed by atoms with Crippen LogP contribution in [0.3, 0.4) is 0 Å². The Morgan fingerprint density at radius 2 is 1.78 bits per heavy atom. The fraction of sp³-hybridized carbons (Fsp3) is 0.192. The summed E-state index contributed by atoms with van der Waals surface area (Å²) < 4.78 is 20.9. The Kier molecular flexibility index (Phi) is 9.08. The third-order valence-electron chi connectivity index (χ3n) is 4.77. The lowest BCUT2D eigenvalue weighted by Crippen LogP contribution is -2.25. The Morgan fingerprint density at radius 1 is 1.08 bits per heavy atom. The minimum atomic E-state index is -0.531. The molecule has 36 heavy (non-hydrogen) atoms. The summed E-state index contributed by atoms with van der Waals surface area (Å²) in [5.74, 6) is 0.0320. The van der Waals surface area contributed by atoms with Crippen molar-refractivity contribution in [1.29, 1.82) is 5.26 Å². The van der Waals surface area contributed by atoms with Gasteiger partial charge in [-0.15, -0.1) is 0 Å². The van der Waals surface area contributed by atoms with Gasteiger partial charge in [0, 0.05) is 18.4 Å². The summed E-state index contributed by atoms with van der Waals surface area (Å²) in [4.78, 5) is 28.5. The standard InChI is InChI=1S/C26H24N4O6/c1-17-12-20(15-33-2)23(13-27)25(29-17)35-16-24(31)30-28-14-18-4-8-22(9-5-18)36-26(32)19-6-10-21(34-3)11-7-19/h4-12,14H,15-16H2,1-3H3,(H,30,31)/b28-14-. The topological polar surface area (TPSA) is 132 Å². The lowest BCUT2D eigenvalue weighted by Gasteiger charge is -2.10. The van der Waals surface area contributed by atoms with Gasteiger partial charge in [0.25, 0.3) is 5.91 Å². The van der Waals surface area contributed by atoms with Crippen molar-refractivity contribution in [3.8, 4) is 23.4 Å². The maximum Gasteiger partial charge on any atom is 0.343 e. The molecule has 1 aromatic heterocycles. The highest BCUT2D eigenvalue weighted by atomic mass is 16.5. The molecule has 1 heterocycles. The Labute approximate surface area is 208 Å². The van der Waals surface area contributed by atoms with Crippen molar-refractivity contribution < 1.29 is 28.5 Å². The number of nitrogens with one attached hydrogen (secondary N) is 1. The minimum Gasteiger partial charge on any atom is -0.497 e. The number of carbonyl (C=O) groups is 2. The Morgan fingerprint density at radius 3 is 2.42 bits per heavy atom. The Balaban J connectivity index is 1.51. The minimum absolute atomic E-state index is 0.0588. The number of nitrogens with zero attached hydrogens (tertiary/aromatic N) is 3. The third kappa shape index (κ3) is 7.12. The fourth-order valence-electron chi connectivity index (χ4n) is 3.06. The van der Waals surface area contributed by atoms with E-state index in [9.17, 15) is 14.9 Å². The second-order valence-corrected chi connectivity index (χ2v) is 7.42. The average molecular weight is 489 g/mol. The molecular formula is C26H24N4O6. The molecule has 0 radical (unpaired) electrons. The van der Waals surface area contributed by atoms with Gasteiger partial charge in [0.05, 0.1) is 25.5 Å². The van der Waals surface area contributed by atoms with Crippen LogP contribution in [0.5, 0.6) is 17.4 Å². The lowest BCUT2D eigenvalue weighted by atomic mass is 10.1. The van der Waals surface area contributed by atoms with Crippen LogP contribution in [0, 0.1) is 18.3 Å². The molecule has 1 N–H and O–H groups in total. The summed E-state index contributed by atoms with van der Waals surface area (Å²) in [5, 5.41) is 13.3. The molecule has 1 amide bonds. The normalized spacial score (nSPS) is 10.5. The first-order valence-electron chi connectivity index (χ1n) is 10.7. The molecule has 0 atom stereocenters. The summed E-state index contributed by atoms with van der Waals surface area (Å²) in [6, 6.07) is 16.9. The highest BCUT2D eigenvalue weighted by Crippen LogP contribution is 2.21. The van der Waals surface area contributed by atoms with Crippen molar-refractivity contribution in [3.05, 3.63) is 82.5 Å². The number of hydrogen-bond donors (Lipinski definition) is 1. The summed E-state index contributed by atoms with van der Waals surface area (Å²) >= 11 is 0. The number of esters is 1. The fourth-order valence-corrected chi connectivity index (χ4v) is 3.06. The van der Waals surface area contributed by atoms with Gasteiger partial charge in [0.15, 0.2) is 6.61 Å². The maximum atomic E-state index is 12.2. The molecule has 184 valence electrons. The number of nitriles is 1. The predicted octanol–water partition coefficient (Wildman–Crippen LogP) is 3.17. The largest absolute Gasteiger partial charge is 0.497 e. The molecule has 0 saturated heterocycles. The molecule has 0 bridgehead atoms. The first-order chi connectivity index (χ1) is 17.4. The van der Waals surface area contributed by atoms with E-state index < -0.39 is 11.9 Å². The third-order valence-corrected chi connectivity index (χ3v) is 4.77. The number of carbonyl (C=O) groups excluding carboxylic acids is 2. The van der Waals surface area contributed by atoms with E-state index in [-0.39, 0.29) is 24.7 Å². The zero-order valence-electron chi connectivity index (χ0n) is 20.0. The smallest absolute Gasteiger partial charge is 0.343 e. The van der Waals surface area contributed by atoms with Gasteiger partial charge in [-0.2, -0.15) is 10.4 Å².